The minimum atomic E-state index is -0.475. The maximum Gasteiger partial charge on any atom is 0.237 e. The Labute approximate surface area is 112 Å². The summed E-state index contributed by atoms with van der Waals surface area (Å²) in [7, 11) is 0. The zero-order valence-electron chi connectivity index (χ0n) is 9.39. The van der Waals surface area contributed by atoms with Crippen molar-refractivity contribution in [1.29, 1.82) is 0 Å². The van der Waals surface area contributed by atoms with Crippen molar-refractivity contribution in [2.24, 2.45) is 5.73 Å². The Kier molecular flexibility index (Phi) is 8.83. The second-order valence-electron chi connectivity index (χ2n) is 3.31. The van der Waals surface area contributed by atoms with E-state index >= 15 is 0 Å². The molecule has 1 heterocycles. The minimum Gasteiger partial charge on any atom is -0.347 e. The van der Waals surface area contributed by atoms with Crippen molar-refractivity contribution in [2.75, 3.05) is 0 Å². The van der Waals surface area contributed by atoms with Crippen LogP contribution in [0.15, 0.2) is 5.38 Å². The van der Waals surface area contributed by atoms with E-state index in [-0.39, 0.29) is 36.8 Å². The van der Waals surface area contributed by atoms with Gasteiger partial charge in [-0.1, -0.05) is 0 Å². The van der Waals surface area contributed by atoms with Gasteiger partial charge in [0.2, 0.25) is 5.91 Å². The fraction of sp³-hybridized carbons (Fsp3) is 0.556. The third kappa shape index (κ3) is 5.12. The lowest BCUT2D eigenvalue weighted by Crippen LogP contribution is -2.39. The molecule has 7 heteroatoms. The quantitative estimate of drug-likeness (QED) is 0.890. The highest BCUT2D eigenvalue weighted by atomic mass is 35.5. The van der Waals surface area contributed by atoms with E-state index in [9.17, 15) is 4.79 Å². The molecule has 0 aliphatic heterocycles. The fourth-order valence-electron chi connectivity index (χ4n) is 0.998. The number of halogens is 2. The first kappa shape index (κ1) is 18.0. The number of nitrogens with zero attached hydrogens (tertiary/aromatic N) is 1. The highest BCUT2D eigenvalue weighted by molar-refractivity contribution is 7.09. The van der Waals surface area contributed by atoms with E-state index in [0.29, 0.717) is 0 Å². The van der Waals surface area contributed by atoms with E-state index in [1.165, 1.54) is 0 Å². The molecule has 0 bridgehead atoms. The van der Waals surface area contributed by atoms with Crippen molar-refractivity contribution < 1.29 is 4.79 Å². The van der Waals surface area contributed by atoms with Gasteiger partial charge in [0.1, 0.15) is 0 Å². The molecule has 0 saturated carbocycles. The number of carbonyl (C=O) groups is 1. The first-order chi connectivity index (χ1) is 6.50. The lowest BCUT2D eigenvalue weighted by Gasteiger charge is -2.13. The van der Waals surface area contributed by atoms with Crippen molar-refractivity contribution in [2.45, 2.75) is 32.9 Å². The molecule has 2 atom stereocenters. The topological polar surface area (TPSA) is 68.0 Å². The smallest absolute Gasteiger partial charge is 0.237 e. The zero-order chi connectivity index (χ0) is 10.7. The number of carbonyl (C=O) groups excluding carboxylic acids is 1. The first-order valence-electron chi connectivity index (χ1n) is 4.48. The largest absolute Gasteiger partial charge is 0.347 e. The molecule has 1 amide bonds. The Balaban J connectivity index is 0. The number of nitrogens with one attached hydrogen (secondary N) is 1. The van der Waals surface area contributed by atoms with Crippen molar-refractivity contribution in [3.8, 4) is 0 Å². The van der Waals surface area contributed by atoms with Crippen LogP contribution in [-0.4, -0.2) is 16.9 Å². The van der Waals surface area contributed by atoms with E-state index in [1.807, 2.05) is 19.2 Å². The molecule has 3 N–H and O–H groups in total. The van der Waals surface area contributed by atoms with Crippen LogP contribution in [-0.2, 0) is 4.79 Å². The van der Waals surface area contributed by atoms with Crippen molar-refractivity contribution in [1.82, 2.24) is 10.3 Å². The molecule has 0 aliphatic carbocycles. The molecule has 1 aromatic heterocycles. The van der Waals surface area contributed by atoms with E-state index in [2.05, 4.69) is 10.3 Å². The Morgan fingerprint density at radius 3 is 2.44 bits per heavy atom. The maximum absolute atomic E-state index is 11.3. The van der Waals surface area contributed by atoms with Crippen LogP contribution in [0.4, 0.5) is 0 Å². The summed E-state index contributed by atoms with van der Waals surface area (Å²) in [6.07, 6.45) is 0. The van der Waals surface area contributed by atoms with Crippen LogP contribution in [0.25, 0.3) is 0 Å². The predicted octanol–water partition coefficient (Wildman–Crippen LogP) is 1.82. The Bertz CT molecular complexity index is 330. The molecule has 1 aromatic rings. The van der Waals surface area contributed by atoms with Crippen LogP contribution < -0.4 is 11.1 Å². The molecule has 1 unspecified atom stereocenters. The van der Waals surface area contributed by atoms with Gasteiger partial charge in [-0.05, 0) is 20.8 Å². The van der Waals surface area contributed by atoms with Gasteiger partial charge < -0.3 is 11.1 Å². The molecule has 4 nitrogen and oxygen atoms in total. The molecule has 0 radical (unpaired) electrons. The number of nitrogens with two attached hydrogens (primary N) is 1. The van der Waals surface area contributed by atoms with E-state index in [1.54, 1.807) is 18.3 Å². The van der Waals surface area contributed by atoms with Gasteiger partial charge >= 0.3 is 0 Å². The van der Waals surface area contributed by atoms with Crippen LogP contribution >= 0.6 is 36.2 Å². The van der Waals surface area contributed by atoms with Gasteiger partial charge in [-0.3, -0.25) is 4.79 Å². The highest BCUT2D eigenvalue weighted by Crippen LogP contribution is 2.15. The summed E-state index contributed by atoms with van der Waals surface area (Å²) in [6, 6.07) is -0.546. The van der Waals surface area contributed by atoms with Crippen LogP contribution in [0.5, 0.6) is 0 Å². The van der Waals surface area contributed by atoms with Crippen LogP contribution in [0.1, 0.15) is 30.6 Å². The monoisotopic (exact) mass is 285 g/mol. The van der Waals surface area contributed by atoms with E-state index in [0.717, 1.165) is 10.7 Å². The second kappa shape index (κ2) is 7.84. The van der Waals surface area contributed by atoms with E-state index < -0.39 is 6.04 Å². The Morgan fingerprint density at radius 2 is 2.06 bits per heavy atom. The molecule has 0 saturated heterocycles. The third-order valence-electron chi connectivity index (χ3n) is 1.85. The minimum absolute atomic E-state index is 0. The van der Waals surface area contributed by atoms with Crippen LogP contribution in [0.3, 0.4) is 0 Å². The molecular formula is C9H17Cl2N3OS. The highest BCUT2D eigenvalue weighted by Gasteiger charge is 2.14. The van der Waals surface area contributed by atoms with Gasteiger partial charge in [0.05, 0.1) is 22.8 Å². The number of hydrogen-bond acceptors (Lipinski definition) is 4. The SMILES string of the molecule is Cc1nc(C(C)NC(=O)[C@H](C)N)cs1.Cl.Cl. The number of aromatic nitrogens is 1. The molecule has 0 aliphatic rings. The van der Waals surface area contributed by atoms with Crippen LogP contribution in [0, 0.1) is 6.92 Å². The lowest BCUT2D eigenvalue weighted by molar-refractivity contribution is -0.122. The standard InChI is InChI=1S/C9H15N3OS.2ClH/c1-5(10)9(13)11-6(2)8-4-14-7(3)12-8;;/h4-6H,10H2,1-3H3,(H,11,13);2*1H/t5-,6?;;/m0../s1. The van der Waals surface area contributed by atoms with Gasteiger partial charge in [0.15, 0.2) is 0 Å². The maximum atomic E-state index is 11.3. The second-order valence-corrected chi connectivity index (χ2v) is 4.37. The molecule has 0 aromatic carbocycles. The van der Waals surface area contributed by atoms with Gasteiger partial charge in [-0.2, -0.15) is 0 Å². The normalized spacial score (nSPS) is 13.0. The van der Waals surface area contributed by atoms with Gasteiger partial charge in [0.25, 0.3) is 0 Å². The summed E-state index contributed by atoms with van der Waals surface area (Å²) in [5.74, 6) is -0.150. The number of hydrogen-bond donors (Lipinski definition) is 2. The number of rotatable bonds is 3. The molecule has 0 fully saturated rings. The van der Waals surface area contributed by atoms with Crippen molar-refractivity contribution in [3.05, 3.63) is 16.1 Å². The molecule has 0 spiro atoms. The average molecular weight is 286 g/mol. The first-order valence-corrected chi connectivity index (χ1v) is 5.36. The molecule has 1 rings (SSSR count). The fourth-order valence-corrected chi connectivity index (χ4v) is 1.70. The molecule has 16 heavy (non-hydrogen) atoms. The Morgan fingerprint density at radius 1 is 1.50 bits per heavy atom. The van der Waals surface area contributed by atoms with E-state index in [4.69, 9.17) is 5.73 Å². The lowest BCUT2D eigenvalue weighted by atomic mass is 10.2. The van der Waals surface area contributed by atoms with Gasteiger partial charge in [-0.25, -0.2) is 4.98 Å². The molecule has 94 valence electrons. The summed E-state index contributed by atoms with van der Waals surface area (Å²) in [6.45, 7) is 5.50. The zero-order valence-corrected chi connectivity index (χ0v) is 11.8. The third-order valence-corrected chi connectivity index (χ3v) is 2.64. The number of aryl methyl sites for hydroxylation is 1. The van der Waals surface area contributed by atoms with Crippen molar-refractivity contribution >= 4 is 42.1 Å². The number of amides is 1. The summed E-state index contributed by atoms with van der Waals surface area (Å²) in [5.41, 5.74) is 6.33. The number of thiazole rings is 1. The van der Waals surface area contributed by atoms with Gasteiger partial charge in [-0.15, -0.1) is 36.2 Å². The average Bonchev–Trinajstić information content (AvgIpc) is 2.51. The summed E-state index contributed by atoms with van der Waals surface area (Å²) < 4.78 is 0. The van der Waals surface area contributed by atoms with Gasteiger partial charge in [0, 0.05) is 5.38 Å². The Hall–Kier alpha value is -0.360. The molecular weight excluding hydrogens is 269 g/mol. The summed E-state index contributed by atoms with van der Waals surface area (Å²) >= 11 is 1.57. The summed E-state index contributed by atoms with van der Waals surface area (Å²) in [5, 5.41) is 5.74. The summed E-state index contributed by atoms with van der Waals surface area (Å²) in [4.78, 5) is 15.6. The predicted molar refractivity (Wildman–Crippen MR) is 71.6 cm³/mol. The van der Waals surface area contributed by atoms with Crippen molar-refractivity contribution in [3.63, 3.8) is 0 Å². The van der Waals surface area contributed by atoms with Crippen LogP contribution in [0.2, 0.25) is 0 Å².